The molecule has 3 aromatic rings. The molecule has 0 spiro atoms. The van der Waals surface area contributed by atoms with Gasteiger partial charge in [0.1, 0.15) is 18.1 Å². The largest absolute Gasteiger partial charge is 0.491 e. The van der Waals surface area contributed by atoms with Gasteiger partial charge in [0.2, 0.25) is 0 Å². The molecule has 0 amide bonds. The zero-order valence-electron chi connectivity index (χ0n) is 21.1. The average molecular weight is 510 g/mol. The Morgan fingerprint density at radius 2 is 2.08 bits per heavy atom. The van der Waals surface area contributed by atoms with Crippen LogP contribution in [0.15, 0.2) is 33.9 Å². The van der Waals surface area contributed by atoms with Gasteiger partial charge in [-0.3, -0.25) is 4.99 Å². The van der Waals surface area contributed by atoms with Crippen molar-refractivity contribution in [1.82, 2.24) is 15.1 Å². The lowest BCUT2D eigenvalue weighted by atomic mass is 10.00. The standard InChI is InChI=1S/C27H32ClN5O3/c1-5-6-20(34)14-35-21-9-10-23(28)22(11-21)27-31-25(18(12-29)13-30-19-7-8-19)15(2)26(32-27)24-16(3)33-36-17(24)4/h9-13,19-20,34H,5-8,14,29H2,1-4H3/t20-/m1/s1. The topological polar surface area (TPSA) is 120 Å². The first-order valence-corrected chi connectivity index (χ1v) is 12.6. The molecule has 36 heavy (non-hydrogen) atoms. The van der Waals surface area contributed by atoms with Crippen molar-refractivity contribution < 1.29 is 14.4 Å². The number of hydrogen-bond acceptors (Lipinski definition) is 8. The fourth-order valence-electron chi connectivity index (χ4n) is 3.95. The van der Waals surface area contributed by atoms with E-state index in [1.807, 2.05) is 27.7 Å². The van der Waals surface area contributed by atoms with E-state index in [9.17, 15) is 5.11 Å². The Kier molecular flexibility index (Phi) is 8.06. The molecule has 2 aromatic heterocycles. The maximum absolute atomic E-state index is 10.1. The minimum absolute atomic E-state index is 0.191. The number of halogens is 1. The second kappa shape index (κ2) is 11.2. The fourth-order valence-corrected chi connectivity index (χ4v) is 4.15. The second-order valence-electron chi connectivity index (χ2n) is 9.10. The van der Waals surface area contributed by atoms with Gasteiger partial charge in [-0.15, -0.1) is 0 Å². The third-order valence-corrected chi connectivity index (χ3v) is 6.41. The Labute approximate surface area is 216 Å². The Hall–Kier alpha value is -3.23. The number of nitrogens with zero attached hydrogens (tertiary/aromatic N) is 4. The van der Waals surface area contributed by atoms with E-state index in [0.29, 0.717) is 57.3 Å². The van der Waals surface area contributed by atoms with Crippen molar-refractivity contribution >= 4 is 23.4 Å². The summed E-state index contributed by atoms with van der Waals surface area (Å²) < 4.78 is 11.3. The summed E-state index contributed by atoms with van der Waals surface area (Å²) in [5.41, 5.74) is 11.0. The van der Waals surface area contributed by atoms with Crippen LogP contribution in [0, 0.1) is 20.8 Å². The van der Waals surface area contributed by atoms with E-state index in [-0.39, 0.29) is 6.61 Å². The first kappa shape index (κ1) is 25.9. The molecule has 3 N–H and O–H groups in total. The zero-order valence-corrected chi connectivity index (χ0v) is 21.8. The summed E-state index contributed by atoms with van der Waals surface area (Å²) >= 11 is 6.62. The summed E-state index contributed by atoms with van der Waals surface area (Å²) in [5.74, 6) is 1.64. The second-order valence-corrected chi connectivity index (χ2v) is 9.50. The van der Waals surface area contributed by atoms with E-state index in [2.05, 4.69) is 10.1 Å². The predicted octanol–water partition coefficient (Wildman–Crippen LogP) is 5.45. The lowest BCUT2D eigenvalue weighted by Gasteiger charge is -2.15. The number of benzene rings is 1. The van der Waals surface area contributed by atoms with Crippen LogP contribution in [0.3, 0.4) is 0 Å². The van der Waals surface area contributed by atoms with Crippen LogP contribution >= 0.6 is 11.6 Å². The molecule has 8 nitrogen and oxygen atoms in total. The highest BCUT2D eigenvalue weighted by Gasteiger charge is 2.23. The zero-order chi connectivity index (χ0) is 25.8. The van der Waals surface area contributed by atoms with Crippen LogP contribution in [-0.2, 0) is 0 Å². The molecule has 1 aliphatic carbocycles. The first-order valence-electron chi connectivity index (χ1n) is 12.2. The predicted molar refractivity (Wildman–Crippen MR) is 142 cm³/mol. The molecule has 1 aliphatic rings. The number of aryl methyl sites for hydroxylation is 2. The number of allylic oxidation sites excluding steroid dienone is 1. The molecule has 0 unspecified atom stereocenters. The van der Waals surface area contributed by atoms with Gasteiger partial charge in [0.15, 0.2) is 5.82 Å². The van der Waals surface area contributed by atoms with Crippen LogP contribution in [0.2, 0.25) is 5.02 Å². The van der Waals surface area contributed by atoms with Crippen LogP contribution < -0.4 is 10.5 Å². The number of hydrogen-bond donors (Lipinski definition) is 2. The molecule has 1 saturated carbocycles. The van der Waals surface area contributed by atoms with Gasteiger partial charge < -0.3 is 20.1 Å². The molecular weight excluding hydrogens is 478 g/mol. The Bertz CT molecular complexity index is 1280. The highest BCUT2D eigenvalue weighted by molar-refractivity contribution is 6.33. The van der Waals surface area contributed by atoms with Crippen LogP contribution in [0.1, 0.15) is 55.3 Å². The molecule has 4 rings (SSSR count). The molecule has 0 aliphatic heterocycles. The lowest BCUT2D eigenvalue weighted by Crippen LogP contribution is -2.16. The molecule has 1 aromatic carbocycles. The number of aliphatic hydroxyl groups is 1. The molecule has 9 heteroatoms. The van der Waals surface area contributed by atoms with Gasteiger partial charge in [-0.1, -0.05) is 30.1 Å². The Balaban J connectivity index is 1.83. The minimum Gasteiger partial charge on any atom is -0.491 e. The monoisotopic (exact) mass is 509 g/mol. The smallest absolute Gasteiger partial charge is 0.162 e. The number of nitrogens with two attached hydrogens (primary N) is 1. The van der Waals surface area contributed by atoms with E-state index >= 15 is 0 Å². The Morgan fingerprint density at radius 1 is 1.31 bits per heavy atom. The quantitative estimate of drug-likeness (QED) is 0.348. The molecule has 0 saturated heterocycles. The average Bonchev–Trinajstić information content (AvgIpc) is 3.63. The summed E-state index contributed by atoms with van der Waals surface area (Å²) in [6.45, 7) is 7.89. The first-order chi connectivity index (χ1) is 17.3. The van der Waals surface area contributed by atoms with Gasteiger partial charge in [0.25, 0.3) is 0 Å². The lowest BCUT2D eigenvalue weighted by molar-refractivity contribution is 0.0994. The van der Waals surface area contributed by atoms with Crippen molar-refractivity contribution in [2.24, 2.45) is 10.7 Å². The van der Waals surface area contributed by atoms with E-state index in [1.165, 1.54) is 6.20 Å². The van der Waals surface area contributed by atoms with Gasteiger partial charge in [0.05, 0.1) is 39.8 Å². The van der Waals surface area contributed by atoms with Crippen molar-refractivity contribution in [3.8, 4) is 28.4 Å². The van der Waals surface area contributed by atoms with Crippen molar-refractivity contribution in [3.63, 3.8) is 0 Å². The molecule has 0 bridgehead atoms. The van der Waals surface area contributed by atoms with Gasteiger partial charge in [-0.05, 0) is 58.2 Å². The number of aliphatic hydroxyl groups excluding tert-OH is 1. The number of aromatic nitrogens is 3. The molecule has 1 atom stereocenters. The van der Waals surface area contributed by atoms with E-state index in [0.717, 1.165) is 36.1 Å². The fraction of sp³-hybridized carbons (Fsp3) is 0.407. The molecular formula is C27H32ClN5O3. The number of ether oxygens (including phenoxy) is 1. The molecule has 2 heterocycles. The van der Waals surface area contributed by atoms with E-state index < -0.39 is 6.10 Å². The molecule has 1 fully saturated rings. The highest BCUT2D eigenvalue weighted by Crippen LogP contribution is 2.36. The van der Waals surface area contributed by atoms with Gasteiger partial charge in [-0.25, -0.2) is 9.97 Å². The summed E-state index contributed by atoms with van der Waals surface area (Å²) in [7, 11) is 0. The minimum atomic E-state index is -0.537. The third kappa shape index (κ3) is 5.77. The van der Waals surface area contributed by atoms with Crippen molar-refractivity contribution in [1.29, 1.82) is 0 Å². The number of rotatable bonds is 10. The van der Waals surface area contributed by atoms with Crippen LogP contribution in [0.4, 0.5) is 0 Å². The number of aliphatic imine (C=N–C) groups is 1. The van der Waals surface area contributed by atoms with Crippen molar-refractivity contribution in [3.05, 3.63) is 52.1 Å². The van der Waals surface area contributed by atoms with Gasteiger partial charge in [-0.2, -0.15) is 0 Å². The molecule has 190 valence electrons. The maximum Gasteiger partial charge on any atom is 0.162 e. The summed E-state index contributed by atoms with van der Waals surface area (Å²) in [6.07, 6.45) is 6.47. The van der Waals surface area contributed by atoms with Crippen molar-refractivity contribution in [2.45, 2.75) is 65.5 Å². The normalized spacial score (nSPS) is 15.0. The molecule has 0 radical (unpaired) electrons. The van der Waals surface area contributed by atoms with Crippen LogP contribution in [0.25, 0.3) is 28.2 Å². The van der Waals surface area contributed by atoms with E-state index in [1.54, 1.807) is 24.4 Å². The van der Waals surface area contributed by atoms with Crippen molar-refractivity contribution in [2.75, 3.05) is 6.61 Å². The maximum atomic E-state index is 10.1. The van der Waals surface area contributed by atoms with Gasteiger partial charge >= 0.3 is 0 Å². The third-order valence-electron chi connectivity index (χ3n) is 6.08. The highest BCUT2D eigenvalue weighted by atomic mass is 35.5. The van der Waals surface area contributed by atoms with Crippen LogP contribution in [-0.4, -0.2) is 45.2 Å². The van der Waals surface area contributed by atoms with Gasteiger partial charge in [0, 0.05) is 29.1 Å². The van der Waals surface area contributed by atoms with Crippen LogP contribution in [0.5, 0.6) is 5.75 Å². The Morgan fingerprint density at radius 3 is 2.72 bits per heavy atom. The van der Waals surface area contributed by atoms with E-state index in [4.69, 9.17) is 36.6 Å². The summed E-state index contributed by atoms with van der Waals surface area (Å²) in [5, 5.41) is 14.7. The summed E-state index contributed by atoms with van der Waals surface area (Å²) in [4.78, 5) is 14.4. The SMILES string of the molecule is CCC[C@@H](O)COc1ccc(Cl)c(-c2nc(C(C=NC3CC3)=CN)c(C)c(-c3c(C)noc3C)n2)c1. The summed E-state index contributed by atoms with van der Waals surface area (Å²) in [6, 6.07) is 5.64.